The van der Waals surface area contributed by atoms with E-state index >= 15 is 0 Å². The van der Waals surface area contributed by atoms with Crippen LogP contribution in [0.3, 0.4) is 0 Å². The summed E-state index contributed by atoms with van der Waals surface area (Å²) in [6.07, 6.45) is 1.77. The third-order valence-electron chi connectivity index (χ3n) is 1.23. The van der Waals surface area contributed by atoms with Gasteiger partial charge in [0.25, 0.3) is 5.19 Å². The normalized spacial score (nSPS) is 10.0. The Morgan fingerprint density at radius 3 is 3.00 bits per heavy atom. The molecule has 0 fully saturated rings. The van der Waals surface area contributed by atoms with Gasteiger partial charge < -0.3 is 10.5 Å². The maximum Gasteiger partial charge on any atom is 0.292 e. The third-order valence-corrected chi connectivity index (χ3v) is 1.94. The average Bonchev–Trinajstić information content (AvgIpc) is 2.48. The number of ether oxygens (including phenoxy) is 1. The van der Waals surface area contributed by atoms with Crippen LogP contribution in [0.15, 0.2) is 0 Å². The number of hydrogen-bond donors (Lipinski definition) is 1. The average molecular weight is 173 g/mol. The molecule has 0 saturated carbocycles. The molecule has 1 rings (SSSR count). The number of aryl methyl sites for hydroxylation is 1. The Morgan fingerprint density at radius 1 is 1.64 bits per heavy atom. The van der Waals surface area contributed by atoms with Crippen LogP contribution < -0.4 is 10.5 Å². The van der Waals surface area contributed by atoms with E-state index in [2.05, 4.69) is 9.36 Å². The van der Waals surface area contributed by atoms with Crippen LogP contribution in [-0.4, -0.2) is 23.0 Å². The summed E-state index contributed by atoms with van der Waals surface area (Å²) in [5.74, 6) is 0.831. The van der Waals surface area contributed by atoms with E-state index in [4.69, 9.17) is 10.5 Å². The summed E-state index contributed by atoms with van der Waals surface area (Å²) < 4.78 is 8.96. The second-order valence-corrected chi connectivity index (χ2v) is 2.79. The van der Waals surface area contributed by atoms with Crippen LogP contribution in [-0.2, 0) is 6.42 Å². The molecule has 0 aliphatic heterocycles. The predicted molar refractivity (Wildman–Crippen MR) is 43.8 cm³/mol. The molecular formula is C6H11N3OS. The maximum absolute atomic E-state index is 5.33. The van der Waals surface area contributed by atoms with Crippen molar-refractivity contribution in [1.29, 1.82) is 0 Å². The SMILES string of the molecule is COc1nc(CCCN)ns1. The minimum Gasteiger partial charge on any atom is -0.472 e. The van der Waals surface area contributed by atoms with Crippen molar-refractivity contribution in [3.05, 3.63) is 5.82 Å². The van der Waals surface area contributed by atoms with Crippen LogP contribution in [0.1, 0.15) is 12.2 Å². The smallest absolute Gasteiger partial charge is 0.292 e. The standard InChI is InChI=1S/C6H11N3OS/c1-10-6-8-5(9-11-6)3-2-4-7/h2-4,7H2,1H3. The van der Waals surface area contributed by atoms with E-state index in [1.165, 1.54) is 11.5 Å². The Kier molecular flexibility index (Phi) is 3.25. The van der Waals surface area contributed by atoms with Crippen molar-refractivity contribution in [1.82, 2.24) is 9.36 Å². The van der Waals surface area contributed by atoms with Gasteiger partial charge in [-0.25, -0.2) is 0 Å². The van der Waals surface area contributed by atoms with Gasteiger partial charge in [0, 0.05) is 18.0 Å². The van der Waals surface area contributed by atoms with E-state index in [1.807, 2.05) is 0 Å². The quantitative estimate of drug-likeness (QED) is 0.717. The first-order chi connectivity index (χ1) is 5.36. The van der Waals surface area contributed by atoms with Crippen LogP contribution in [0.25, 0.3) is 0 Å². The number of rotatable bonds is 4. The first kappa shape index (κ1) is 8.42. The molecule has 1 aromatic rings. The second kappa shape index (κ2) is 4.25. The molecule has 2 N–H and O–H groups in total. The zero-order chi connectivity index (χ0) is 8.10. The van der Waals surface area contributed by atoms with Gasteiger partial charge in [-0.2, -0.15) is 9.36 Å². The number of nitrogens with zero attached hydrogens (tertiary/aromatic N) is 2. The molecule has 11 heavy (non-hydrogen) atoms. The van der Waals surface area contributed by atoms with Gasteiger partial charge in [0.15, 0.2) is 0 Å². The minimum absolute atomic E-state index is 0.622. The molecule has 0 bridgehead atoms. The monoisotopic (exact) mass is 173 g/mol. The van der Waals surface area contributed by atoms with Crippen LogP contribution >= 0.6 is 11.5 Å². The molecular weight excluding hydrogens is 162 g/mol. The van der Waals surface area contributed by atoms with Crippen LogP contribution in [0.5, 0.6) is 5.19 Å². The summed E-state index contributed by atoms with van der Waals surface area (Å²) in [6, 6.07) is 0. The lowest BCUT2D eigenvalue weighted by Gasteiger charge is -1.89. The number of methoxy groups -OCH3 is 1. The zero-order valence-electron chi connectivity index (χ0n) is 6.41. The highest BCUT2D eigenvalue weighted by Crippen LogP contribution is 2.13. The van der Waals surface area contributed by atoms with Crippen molar-refractivity contribution in [2.45, 2.75) is 12.8 Å². The molecule has 0 atom stereocenters. The topological polar surface area (TPSA) is 61.0 Å². The fourth-order valence-corrected chi connectivity index (χ4v) is 1.22. The van der Waals surface area contributed by atoms with Crippen molar-refractivity contribution < 1.29 is 4.74 Å². The lowest BCUT2D eigenvalue weighted by Crippen LogP contribution is -2.01. The first-order valence-corrected chi connectivity index (χ1v) is 4.21. The van der Waals surface area contributed by atoms with Crippen molar-refractivity contribution in [2.75, 3.05) is 13.7 Å². The Morgan fingerprint density at radius 2 is 2.45 bits per heavy atom. The van der Waals surface area contributed by atoms with E-state index < -0.39 is 0 Å². The summed E-state index contributed by atoms with van der Waals surface area (Å²) >= 11 is 1.28. The van der Waals surface area contributed by atoms with Gasteiger partial charge in [0.1, 0.15) is 5.82 Å². The molecule has 0 amide bonds. The van der Waals surface area contributed by atoms with Crippen LogP contribution in [0.2, 0.25) is 0 Å². The lowest BCUT2D eigenvalue weighted by atomic mass is 10.3. The van der Waals surface area contributed by atoms with Crippen molar-refractivity contribution in [3.8, 4) is 5.19 Å². The maximum atomic E-state index is 5.33. The predicted octanol–water partition coefficient (Wildman–Crippen LogP) is 0.438. The Hall–Kier alpha value is -0.680. The fraction of sp³-hybridized carbons (Fsp3) is 0.667. The van der Waals surface area contributed by atoms with Gasteiger partial charge in [0.2, 0.25) is 0 Å². The molecule has 1 aromatic heterocycles. The van der Waals surface area contributed by atoms with Crippen LogP contribution in [0, 0.1) is 0 Å². The van der Waals surface area contributed by atoms with Gasteiger partial charge in [-0.1, -0.05) is 0 Å². The molecule has 5 heteroatoms. The molecule has 0 spiro atoms. The highest BCUT2D eigenvalue weighted by atomic mass is 32.1. The zero-order valence-corrected chi connectivity index (χ0v) is 7.23. The summed E-state index contributed by atoms with van der Waals surface area (Å²) in [5, 5.41) is 0.622. The molecule has 1 heterocycles. The Balaban J connectivity index is 2.44. The highest BCUT2D eigenvalue weighted by molar-refractivity contribution is 7.07. The molecule has 0 aromatic carbocycles. The van der Waals surface area contributed by atoms with Gasteiger partial charge in [-0.05, 0) is 13.0 Å². The van der Waals surface area contributed by atoms with Crippen molar-refractivity contribution >= 4 is 11.5 Å². The molecule has 0 aliphatic rings. The third kappa shape index (κ3) is 2.44. The van der Waals surface area contributed by atoms with Crippen LogP contribution in [0.4, 0.5) is 0 Å². The Labute approximate surface area is 69.6 Å². The number of nitrogens with two attached hydrogens (primary N) is 1. The van der Waals surface area contributed by atoms with E-state index in [9.17, 15) is 0 Å². The number of hydrogen-bond acceptors (Lipinski definition) is 5. The summed E-state index contributed by atoms with van der Waals surface area (Å²) in [4.78, 5) is 4.10. The van der Waals surface area contributed by atoms with Gasteiger partial charge in [0.05, 0.1) is 7.11 Å². The molecule has 0 saturated heterocycles. The highest BCUT2D eigenvalue weighted by Gasteiger charge is 2.01. The van der Waals surface area contributed by atoms with E-state index in [0.29, 0.717) is 11.7 Å². The number of aromatic nitrogens is 2. The van der Waals surface area contributed by atoms with E-state index in [1.54, 1.807) is 7.11 Å². The summed E-state index contributed by atoms with van der Waals surface area (Å²) in [5.41, 5.74) is 5.33. The first-order valence-electron chi connectivity index (χ1n) is 3.43. The largest absolute Gasteiger partial charge is 0.472 e. The summed E-state index contributed by atoms with van der Waals surface area (Å²) in [6.45, 7) is 0.682. The van der Waals surface area contributed by atoms with E-state index in [0.717, 1.165) is 18.7 Å². The molecule has 0 unspecified atom stereocenters. The van der Waals surface area contributed by atoms with Gasteiger partial charge in [-0.3, -0.25) is 0 Å². The Bertz CT molecular complexity index is 213. The molecule has 0 aliphatic carbocycles. The molecule has 62 valence electrons. The summed E-state index contributed by atoms with van der Waals surface area (Å²) in [7, 11) is 1.59. The molecule has 0 radical (unpaired) electrons. The van der Waals surface area contributed by atoms with E-state index in [-0.39, 0.29) is 0 Å². The van der Waals surface area contributed by atoms with Gasteiger partial charge in [-0.15, -0.1) is 0 Å². The van der Waals surface area contributed by atoms with Gasteiger partial charge >= 0.3 is 0 Å². The van der Waals surface area contributed by atoms with Crippen molar-refractivity contribution in [3.63, 3.8) is 0 Å². The molecule has 4 nitrogen and oxygen atoms in total. The van der Waals surface area contributed by atoms with Crippen molar-refractivity contribution in [2.24, 2.45) is 5.73 Å². The second-order valence-electron chi connectivity index (χ2n) is 2.07. The lowest BCUT2D eigenvalue weighted by molar-refractivity contribution is 0.410. The fourth-order valence-electron chi connectivity index (χ4n) is 0.683. The minimum atomic E-state index is 0.622.